The van der Waals surface area contributed by atoms with Gasteiger partial charge in [-0.1, -0.05) is 12.1 Å². The molecular weight excluding hydrogens is 579 g/mol. The molecule has 3 aromatic rings. The maximum Gasteiger partial charge on any atom is 0.348 e. The monoisotopic (exact) mass is 604 g/mol. The minimum atomic E-state index is -2.76. The Kier molecular flexibility index (Phi) is 6.79. The fourth-order valence-electron chi connectivity index (χ4n) is 5.80. The Morgan fingerprint density at radius 1 is 1.21 bits per heavy atom. The Balaban J connectivity index is 1.16. The molecule has 5 atom stereocenters. The maximum atomic E-state index is 15.9. The summed E-state index contributed by atoms with van der Waals surface area (Å²) in [6.07, 6.45) is -1.54. The first kappa shape index (κ1) is 28.2. The van der Waals surface area contributed by atoms with Gasteiger partial charge in [0.25, 0.3) is 5.60 Å². The van der Waals surface area contributed by atoms with Crippen LogP contribution in [0, 0.1) is 0 Å². The fourth-order valence-corrected chi connectivity index (χ4v) is 5.97. The van der Waals surface area contributed by atoms with Crippen LogP contribution in [0.15, 0.2) is 30.6 Å². The summed E-state index contributed by atoms with van der Waals surface area (Å²) >= 11 is 5.88. The molecule has 5 N–H and O–H groups in total. The summed E-state index contributed by atoms with van der Waals surface area (Å²) in [6.45, 7) is -0.162. The summed E-state index contributed by atoms with van der Waals surface area (Å²) in [4.78, 5) is 50.3. The van der Waals surface area contributed by atoms with Gasteiger partial charge in [0, 0.05) is 25.1 Å². The van der Waals surface area contributed by atoms with Crippen molar-refractivity contribution in [3.63, 3.8) is 0 Å². The number of imidazole rings is 1. The molecule has 3 fully saturated rings. The third-order valence-corrected chi connectivity index (χ3v) is 8.29. The number of halogens is 2. The number of amides is 1. The first-order chi connectivity index (χ1) is 20.0. The Morgan fingerprint density at radius 3 is 2.55 bits per heavy atom. The van der Waals surface area contributed by atoms with Gasteiger partial charge in [0.05, 0.1) is 12.9 Å². The third-order valence-electron chi connectivity index (χ3n) is 8.12. The molecule has 1 amide bonds. The highest BCUT2D eigenvalue weighted by Crippen LogP contribution is 2.62. The molecule has 0 spiro atoms. The van der Waals surface area contributed by atoms with Crippen molar-refractivity contribution >= 4 is 52.1 Å². The van der Waals surface area contributed by atoms with E-state index in [1.165, 1.54) is 23.0 Å². The van der Waals surface area contributed by atoms with Gasteiger partial charge >= 0.3 is 11.9 Å². The molecule has 2 aromatic heterocycles. The largest absolute Gasteiger partial charge is 0.479 e. The normalized spacial score (nSPS) is 27.3. The van der Waals surface area contributed by atoms with E-state index in [-0.39, 0.29) is 28.2 Å². The molecule has 6 rings (SSSR count). The number of rotatable bonds is 9. The zero-order chi connectivity index (χ0) is 30.0. The predicted octanol–water partition coefficient (Wildman–Crippen LogP) is 1.14. The lowest BCUT2D eigenvalue weighted by Gasteiger charge is -2.29. The summed E-state index contributed by atoms with van der Waals surface area (Å²) in [6, 6.07) is 5.23. The number of benzene rings is 1. The van der Waals surface area contributed by atoms with E-state index < -0.39 is 60.6 Å². The van der Waals surface area contributed by atoms with Crippen molar-refractivity contribution in [3.8, 4) is 0 Å². The molecule has 4 heterocycles. The van der Waals surface area contributed by atoms with Gasteiger partial charge in [0.2, 0.25) is 11.2 Å². The van der Waals surface area contributed by atoms with Crippen LogP contribution in [-0.4, -0.2) is 95.4 Å². The molecule has 1 unspecified atom stereocenters. The van der Waals surface area contributed by atoms with E-state index in [4.69, 9.17) is 26.8 Å². The number of aliphatic carboxylic acids is 2. The molecule has 3 aliphatic rings. The standard InChI is InChI=1S/C26H26ClFN6O8/c27-24-31-20(29)16-21(32-24)34(11-30-16)17-19-26(17,28)18(36)14(42-19)10-41-25(22(37)38,23(39)40)9-12-4-6-13(7-5-12)33-8-2-1-3-15(33)35/h4-7,11,14,17-19,36H,1-3,8-10H2,(H,37,38)(H,39,40)(H2,29,31,32)/t14-,17?,18-,19+,26+/m1/s1. The lowest BCUT2D eigenvalue weighted by atomic mass is 9.93. The molecular formula is C26H26ClFN6O8. The van der Waals surface area contributed by atoms with Crippen molar-refractivity contribution in [1.82, 2.24) is 19.5 Å². The summed E-state index contributed by atoms with van der Waals surface area (Å²) in [5.41, 5.74) is 1.99. The summed E-state index contributed by atoms with van der Waals surface area (Å²) in [5, 5.41) is 30.5. The van der Waals surface area contributed by atoms with Crippen molar-refractivity contribution in [1.29, 1.82) is 0 Å². The molecule has 1 aromatic carbocycles. The number of aliphatic hydroxyl groups excluding tert-OH is 1. The van der Waals surface area contributed by atoms with Gasteiger partial charge in [-0.3, -0.25) is 4.79 Å². The number of hydrogen-bond acceptors (Lipinski definition) is 10. The number of carbonyl (C=O) groups is 3. The Hall–Kier alpha value is -3.92. The van der Waals surface area contributed by atoms with Crippen LogP contribution >= 0.6 is 11.6 Å². The van der Waals surface area contributed by atoms with Crippen molar-refractivity contribution < 1.29 is 43.6 Å². The second-order valence-electron chi connectivity index (χ2n) is 10.6. The number of anilines is 2. The van der Waals surface area contributed by atoms with E-state index in [9.17, 15) is 29.7 Å². The number of hydrogen-bond donors (Lipinski definition) is 4. The summed E-state index contributed by atoms with van der Waals surface area (Å²) in [7, 11) is 0. The highest BCUT2D eigenvalue weighted by atomic mass is 35.5. The molecule has 1 aliphatic carbocycles. The van der Waals surface area contributed by atoms with Crippen LogP contribution in [-0.2, 0) is 30.3 Å². The van der Waals surface area contributed by atoms with Crippen molar-refractivity contribution in [3.05, 3.63) is 41.4 Å². The van der Waals surface area contributed by atoms with Gasteiger partial charge in [-0.05, 0) is 42.1 Å². The summed E-state index contributed by atoms with van der Waals surface area (Å²) in [5.74, 6) is -3.60. The maximum absolute atomic E-state index is 15.9. The number of alkyl halides is 1. The number of carboxylic acids is 2. The van der Waals surface area contributed by atoms with Gasteiger partial charge in [0.15, 0.2) is 17.1 Å². The van der Waals surface area contributed by atoms with E-state index in [0.29, 0.717) is 24.2 Å². The van der Waals surface area contributed by atoms with Crippen LogP contribution in [0.1, 0.15) is 30.9 Å². The molecule has 1 saturated carbocycles. The second-order valence-corrected chi connectivity index (χ2v) is 10.9. The number of ether oxygens (including phenoxy) is 2. The van der Waals surface area contributed by atoms with E-state index >= 15 is 4.39 Å². The molecule has 16 heteroatoms. The number of aromatic nitrogens is 4. The molecule has 14 nitrogen and oxygen atoms in total. The number of nitrogens with zero attached hydrogens (tertiary/aromatic N) is 5. The molecule has 42 heavy (non-hydrogen) atoms. The lowest BCUT2D eigenvalue weighted by Crippen LogP contribution is -2.53. The van der Waals surface area contributed by atoms with Crippen LogP contribution in [0.25, 0.3) is 11.2 Å². The van der Waals surface area contributed by atoms with Gasteiger partial charge in [-0.25, -0.2) is 19.0 Å². The van der Waals surface area contributed by atoms with Crippen LogP contribution in [0.4, 0.5) is 15.9 Å². The average Bonchev–Trinajstić information content (AvgIpc) is 3.19. The van der Waals surface area contributed by atoms with Gasteiger partial charge < -0.3 is 40.0 Å². The number of piperidine rings is 1. The smallest absolute Gasteiger partial charge is 0.348 e. The van der Waals surface area contributed by atoms with Gasteiger partial charge in [0.1, 0.15) is 29.9 Å². The minimum Gasteiger partial charge on any atom is -0.479 e. The van der Waals surface area contributed by atoms with Crippen LogP contribution < -0.4 is 10.6 Å². The first-order valence-corrected chi connectivity index (χ1v) is 13.5. The number of carboxylic acid groups (broad SMARTS) is 2. The van der Waals surface area contributed by atoms with Crippen molar-refractivity contribution in [2.75, 3.05) is 23.8 Å². The molecule has 0 radical (unpaired) electrons. The van der Waals surface area contributed by atoms with Gasteiger partial charge in [-0.2, -0.15) is 9.97 Å². The highest BCUT2D eigenvalue weighted by Gasteiger charge is 2.79. The van der Waals surface area contributed by atoms with Crippen molar-refractivity contribution in [2.24, 2.45) is 0 Å². The Labute approximate surface area is 241 Å². The number of nitrogens with two attached hydrogens (primary N) is 1. The average molecular weight is 605 g/mol. The zero-order valence-electron chi connectivity index (χ0n) is 21.9. The number of carbonyl (C=O) groups excluding carboxylic acids is 1. The SMILES string of the molecule is Nc1nc(Cl)nc2c1ncn2C1[C@@H]2O[C@H](COC(Cc3ccc(N4CCCCC4=O)cc3)(C(=O)O)C(=O)O)[C@@H](O)[C@@]12F. The Morgan fingerprint density at radius 2 is 1.93 bits per heavy atom. The topological polar surface area (TPSA) is 203 Å². The fraction of sp³-hybridized carbons (Fsp3) is 0.462. The van der Waals surface area contributed by atoms with E-state index in [2.05, 4.69) is 15.0 Å². The third kappa shape index (κ3) is 4.35. The molecule has 2 aliphatic heterocycles. The lowest BCUT2D eigenvalue weighted by molar-refractivity contribution is -0.190. The second kappa shape index (κ2) is 10.1. The quantitative estimate of drug-likeness (QED) is 0.200. The zero-order valence-corrected chi connectivity index (χ0v) is 22.6. The minimum absolute atomic E-state index is 0.0106. The van der Waals surface area contributed by atoms with Crippen LogP contribution in [0.5, 0.6) is 0 Å². The van der Waals surface area contributed by atoms with Crippen LogP contribution in [0.2, 0.25) is 5.28 Å². The van der Waals surface area contributed by atoms with Crippen molar-refractivity contribution in [2.45, 2.75) is 61.3 Å². The molecule has 2 saturated heterocycles. The van der Waals surface area contributed by atoms with E-state index in [1.807, 2.05) is 0 Å². The first-order valence-electron chi connectivity index (χ1n) is 13.2. The highest BCUT2D eigenvalue weighted by molar-refractivity contribution is 6.28. The molecule has 222 valence electrons. The van der Waals surface area contributed by atoms with Gasteiger partial charge in [-0.15, -0.1) is 0 Å². The Bertz CT molecular complexity index is 1570. The molecule has 0 bridgehead atoms. The van der Waals surface area contributed by atoms with E-state index in [0.717, 1.165) is 12.8 Å². The summed E-state index contributed by atoms with van der Waals surface area (Å²) < 4.78 is 28.4. The predicted molar refractivity (Wildman–Crippen MR) is 143 cm³/mol. The number of nitrogen functional groups attached to an aromatic ring is 1. The number of aliphatic hydroxyl groups is 1. The van der Waals surface area contributed by atoms with Crippen LogP contribution in [0.3, 0.4) is 0 Å². The number of fused-ring (bicyclic) bond motifs is 2. The van der Waals surface area contributed by atoms with E-state index in [1.54, 1.807) is 17.0 Å².